The number of likely N-dealkylation sites (N-methyl/N-ethyl adjacent to an activating group) is 1. The van der Waals surface area contributed by atoms with E-state index in [1.54, 1.807) is 6.42 Å². The van der Waals surface area contributed by atoms with Crippen LogP contribution in [0.3, 0.4) is 0 Å². The molecule has 5 aliphatic rings. The van der Waals surface area contributed by atoms with Gasteiger partial charge in [-0.15, -0.1) is 0 Å². The minimum Gasteiger partial charge on any atom is -0.329 e. The van der Waals surface area contributed by atoms with Crippen LogP contribution in [0.4, 0.5) is 0 Å². The second-order valence-electron chi connectivity index (χ2n) is 8.34. The van der Waals surface area contributed by atoms with Gasteiger partial charge in [-0.3, -0.25) is 4.90 Å². The van der Waals surface area contributed by atoms with Crippen LogP contribution >= 0.6 is 0 Å². The van der Waals surface area contributed by atoms with E-state index in [4.69, 9.17) is 5.73 Å². The first-order chi connectivity index (χ1) is 9.76. The Hall–Kier alpha value is -0.0800. The third-order valence-corrected chi connectivity index (χ3v) is 7.55. The highest BCUT2D eigenvalue weighted by Gasteiger charge is 2.58. The molecule has 0 aromatic heterocycles. The Morgan fingerprint density at radius 2 is 1.60 bits per heavy atom. The molecule has 0 radical (unpaired) electrons. The van der Waals surface area contributed by atoms with E-state index in [0.717, 1.165) is 36.1 Å². The monoisotopic (exact) mass is 276 g/mol. The molecule has 5 aliphatic carbocycles. The van der Waals surface area contributed by atoms with Crippen molar-refractivity contribution in [2.75, 3.05) is 19.6 Å². The Balaban J connectivity index is 1.60. The smallest absolute Gasteiger partial charge is 0.0388 e. The molecule has 2 heteroatoms. The van der Waals surface area contributed by atoms with Gasteiger partial charge in [0.25, 0.3) is 0 Å². The molecule has 4 bridgehead atoms. The standard InChI is InChI=1S/C18H32N2/c1-2-20(11-13-4-3-5-13)18(12-19)16-7-14-6-15(9-16)10-17(18)8-14/h13-17H,2-12,19H2,1H3. The zero-order valence-corrected chi connectivity index (χ0v) is 13.2. The number of nitrogens with zero attached hydrogens (tertiary/aromatic N) is 1. The summed E-state index contributed by atoms with van der Waals surface area (Å²) in [6, 6.07) is 0. The molecular weight excluding hydrogens is 244 g/mol. The highest BCUT2D eigenvalue weighted by atomic mass is 15.2. The predicted octanol–water partition coefficient (Wildman–Crippen LogP) is 3.26. The van der Waals surface area contributed by atoms with Crippen molar-refractivity contribution in [2.45, 2.75) is 63.8 Å². The molecule has 2 N–H and O–H groups in total. The SMILES string of the molecule is CCN(CC1CCC1)C1(CN)C2CC3CC(C2)CC1C3. The maximum absolute atomic E-state index is 6.46. The van der Waals surface area contributed by atoms with E-state index in [-0.39, 0.29) is 0 Å². The predicted molar refractivity (Wildman–Crippen MR) is 83.4 cm³/mol. The van der Waals surface area contributed by atoms with Crippen LogP contribution in [0.25, 0.3) is 0 Å². The van der Waals surface area contributed by atoms with Crippen LogP contribution in [-0.2, 0) is 0 Å². The summed E-state index contributed by atoms with van der Waals surface area (Å²) in [4.78, 5) is 2.86. The highest BCUT2D eigenvalue weighted by Crippen LogP contribution is 2.60. The zero-order valence-electron chi connectivity index (χ0n) is 13.2. The molecule has 0 aromatic rings. The molecule has 0 heterocycles. The van der Waals surface area contributed by atoms with Gasteiger partial charge in [0.05, 0.1) is 0 Å². The van der Waals surface area contributed by atoms with Crippen molar-refractivity contribution in [3.63, 3.8) is 0 Å². The molecule has 0 unspecified atom stereocenters. The molecule has 0 aliphatic heterocycles. The van der Waals surface area contributed by atoms with Crippen LogP contribution in [-0.4, -0.2) is 30.1 Å². The molecule has 5 fully saturated rings. The first-order valence-electron chi connectivity index (χ1n) is 9.21. The Bertz CT molecular complexity index is 332. The molecule has 0 saturated heterocycles. The van der Waals surface area contributed by atoms with E-state index in [2.05, 4.69) is 11.8 Å². The fourth-order valence-corrected chi connectivity index (χ4v) is 6.56. The van der Waals surface area contributed by atoms with Gasteiger partial charge in [-0.1, -0.05) is 13.3 Å². The average Bonchev–Trinajstić information content (AvgIpc) is 2.39. The fourth-order valence-electron chi connectivity index (χ4n) is 6.56. The van der Waals surface area contributed by atoms with Crippen LogP contribution in [0, 0.1) is 29.6 Å². The topological polar surface area (TPSA) is 29.3 Å². The summed E-state index contributed by atoms with van der Waals surface area (Å²) in [5, 5.41) is 0. The van der Waals surface area contributed by atoms with Gasteiger partial charge in [0.2, 0.25) is 0 Å². The maximum atomic E-state index is 6.46. The molecule has 0 spiro atoms. The van der Waals surface area contributed by atoms with Crippen molar-refractivity contribution < 1.29 is 0 Å². The summed E-state index contributed by atoms with van der Waals surface area (Å²) < 4.78 is 0. The summed E-state index contributed by atoms with van der Waals surface area (Å²) in [6.45, 7) is 5.86. The van der Waals surface area contributed by atoms with Crippen LogP contribution in [0.2, 0.25) is 0 Å². The lowest BCUT2D eigenvalue weighted by molar-refractivity contribution is -0.135. The molecule has 0 aromatic carbocycles. The van der Waals surface area contributed by atoms with Crippen molar-refractivity contribution in [1.82, 2.24) is 4.90 Å². The number of rotatable bonds is 5. The van der Waals surface area contributed by atoms with Crippen LogP contribution < -0.4 is 5.73 Å². The molecule has 0 amide bonds. The van der Waals surface area contributed by atoms with Crippen molar-refractivity contribution in [1.29, 1.82) is 0 Å². The van der Waals surface area contributed by atoms with Gasteiger partial charge in [0.1, 0.15) is 0 Å². The number of nitrogens with two attached hydrogens (primary N) is 1. The zero-order chi connectivity index (χ0) is 13.7. The maximum Gasteiger partial charge on any atom is 0.0388 e. The van der Waals surface area contributed by atoms with Gasteiger partial charge in [-0.05, 0) is 81.1 Å². The third-order valence-electron chi connectivity index (χ3n) is 7.55. The molecule has 5 rings (SSSR count). The molecule has 5 saturated carbocycles. The third kappa shape index (κ3) is 1.83. The van der Waals surface area contributed by atoms with E-state index < -0.39 is 0 Å². The number of hydrogen-bond acceptors (Lipinski definition) is 2. The van der Waals surface area contributed by atoms with Crippen molar-refractivity contribution in [3.8, 4) is 0 Å². The van der Waals surface area contributed by atoms with Gasteiger partial charge < -0.3 is 5.73 Å². The quantitative estimate of drug-likeness (QED) is 0.835. The second kappa shape index (κ2) is 4.98. The lowest BCUT2D eigenvalue weighted by atomic mass is 9.48. The van der Waals surface area contributed by atoms with Crippen LogP contribution in [0.1, 0.15) is 58.3 Å². The Morgan fingerprint density at radius 3 is 2.00 bits per heavy atom. The summed E-state index contributed by atoms with van der Waals surface area (Å²) in [6.07, 6.45) is 11.9. The largest absolute Gasteiger partial charge is 0.329 e. The summed E-state index contributed by atoms with van der Waals surface area (Å²) in [5.41, 5.74) is 6.85. The second-order valence-corrected chi connectivity index (χ2v) is 8.34. The lowest BCUT2D eigenvalue weighted by Gasteiger charge is -2.65. The molecule has 114 valence electrons. The molecular formula is C18H32N2. The molecule has 20 heavy (non-hydrogen) atoms. The fraction of sp³-hybridized carbons (Fsp3) is 1.00. The Kier molecular flexibility index (Phi) is 3.38. The van der Waals surface area contributed by atoms with E-state index in [0.29, 0.717) is 5.54 Å². The average molecular weight is 276 g/mol. The highest BCUT2D eigenvalue weighted by molar-refractivity contribution is 5.12. The van der Waals surface area contributed by atoms with Crippen molar-refractivity contribution in [3.05, 3.63) is 0 Å². The van der Waals surface area contributed by atoms with E-state index in [1.165, 1.54) is 58.0 Å². The minimum absolute atomic E-state index is 0.387. The van der Waals surface area contributed by atoms with Crippen molar-refractivity contribution in [2.24, 2.45) is 35.3 Å². The Labute approximate surface area is 124 Å². The van der Waals surface area contributed by atoms with E-state index >= 15 is 0 Å². The van der Waals surface area contributed by atoms with Gasteiger partial charge in [-0.2, -0.15) is 0 Å². The first kappa shape index (κ1) is 13.6. The van der Waals surface area contributed by atoms with Gasteiger partial charge in [0.15, 0.2) is 0 Å². The first-order valence-corrected chi connectivity index (χ1v) is 9.21. The van der Waals surface area contributed by atoms with Crippen molar-refractivity contribution >= 4 is 0 Å². The lowest BCUT2D eigenvalue weighted by Crippen LogP contribution is -2.69. The van der Waals surface area contributed by atoms with Crippen LogP contribution in [0.5, 0.6) is 0 Å². The summed E-state index contributed by atoms with van der Waals surface area (Å²) >= 11 is 0. The van der Waals surface area contributed by atoms with Gasteiger partial charge in [0, 0.05) is 18.6 Å². The van der Waals surface area contributed by atoms with E-state index in [9.17, 15) is 0 Å². The summed E-state index contributed by atoms with van der Waals surface area (Å²) in [7, 11) is 0. The van der Waals surface area contributed by atoms with Crippen LogP contribution in [0.15, 0.2) is 0 Å². The minimum atomic E-state index is 0.387. The number of hydrogen-bond donors (Lipinski definition) is 1. The molecule has 0 atom stereocenters. The van der Waals surface area contributed by atoms with E-state index in [1.807, 2.05) is 0 Å². The molecule has 2 nitrogen and oxygen atoms in total. The normalized spacial score (nSPS) is 47.0. The Morgan fingerprint density at radius 1 is 1.00 bits per heavy atom. The van der Waals surface area contributed by atoms with Gasteiger partial charge >= 0.3 is 0 Å². The summed E-state index contributed by atoms with van der Waals surface area (Å²) in [5.74, 6) is 4.93. The van der Waals surface area contributed by atoms with Gasteiger partial charge in [-0.25, -0.2) is 0 Å².